The zero-order valence-electron chi connectivity index (χ0n) is 13.5. The minimum atomic E-state index is -0.255. The minimum Gasteiger partial charge on any atom is -0.462 e. The highest BCUT2D eigenvalue weighted by atomic mass is 16.5. The van der Waals surface area contributed by atoms with Crippen molar-refractivity contribution in [3.8, 4) is 0 Å². The first-order valence-electron chi connectivity index (χ1n) is 8.68. The van der Waals surface area contributed by atoms with Gasteiger partial charge in [0.2, 0.25) is 0 Å². The maximum absolute atomic E-state index is 11.2. The standard InChI is InChI=1S/C19H30O2/c1-15(2)19(20)21-12-8-6-4-3-5-7-9-17-13-16-10-11-18(17)14-16/h10-11,16-18H,1,3-9,12-14H2,2H3. The summed E-state index contributed by atoms with van der Waals surface area (Å²) < 4.78 is 5.08. The van der Waals surface area contributed by atoms with Gasteiger partial charge in [0.15, 0.2) is 0 Å². The second-order valence-electron chi connectivity index (χ2n) is 6.87. The zero-order valence-corrected chi connectivity index (χ0v) is 13.5. The molecule has 0 radical (unpaired) electrons. The van der Waals surface area contributed by atoms with Crippen LogP contribution in [0.5, 0.6) is 0 Å². The molecule has 0 saturated heterocycles. The molecule has 2 heteroatoms. The van der Waals surface area contributed by atoms with Crippen LogP contribution in [0.15, 0.2) is 24.3 Å². The molecular weight excluding hydrogens is 260 g/mol. The van der Waals surface area contributed by atoms with Crippen LogP contribution in [0, 0.1) is 17.8 Å². The Hall–Kier alpha value is -1.05. The molecule has 0 aromatic heterocycles. The van der Waals surface area contributed by atoms with E-state index in [-0.39, 0.29) is 5.97 Å². The summed E-state index contributed by atoms with van der Waals surface area (Å²) in [6, 6.07) is 0. The van der Waals surface area contributed by atoms with E-state index in [1.54, 1.807) is 6.92 Å². The van der Waals surface area contributed by atoms with Crippen molar-refractivity contribution in [2.45, 2.75) is 64.7 Å². The second kappa shape index (κ2) is 8.41. The van der Waals surface area contributed by atoms with Crippen molar-refractivity contribution >= 4 is 5.97 Å². The largest absolute Gasteiger partial charge is 0.462 e. The van der Waals surface area contributed by atoms with Gasteiger partial charge in [-0.2, -0.15) is 0 Å². The third kappa shape index (κ3) is 5.33. The highest BCUT2D eigenvalue weighted by Crippen LogP contribution is 2.45. The number of ether oxygens (including phenoxy) is 1. The maximum atomic E-state index is 11.2. The van der Waals surface area contributed by atoms with Crippen LogP contribution in [0.25, 0.3) is 0 Å². The summed E-state index contributed by atoms with van der Waals surface area (Å²) in [7, 11) is 0. The molecule has 0 heterocycles. The molecular formula is C19H30O2. The van der Waals surface area contributed by atoms with Crippen molar-refractivity contribution in [2.24, 2.45) is 17.8 Å². The molecule has 0 N–H and O–H groups in total. The normalized spacial score (nSPS) is 26.2. The lowest BCUT2D eigenvalue weighted by Gasteiger charge is -2.17. The quantitative estimate of drug-likeness (QED) is 0.243. The Labute approximate surface area is 129 Å². The van der Waals surface area contributed by atoms with Crippen molar-refractivity contribution in [1.29, 1.82) is 0 Å². The zero-order chi connectivity index (χ0) is 15.1. The predicted molar refractivity (Wildman–Crippen MR) is 86.9 cm³/mol. The first-order chi connectivity index (χ1) is 10.2. The molecule has 1 saturated carbocycles. The molecule has 0 aromatic rings. The third-order valence-corrected chi connectivity index (χ3v) is 4.97. The van der Waals surface area contributed by atoms with Gasteiger partial charge in [0, 0.05) is 5.57 Å². The van der Waals surface area contributed by atoms with E-state index in [4.69, 9.17) is 4.74 Å². The van der Waals surface area contributed by atoms with Crippen molar-refractivity contribution in [3.63, 3.8) is 0 Å². The van der Waals surface area contributed by atoms with Crippen LogP contribution in [0.1, 0.15) is 64.7 Å². The van der Waals surface area contributed by atoms with Crippen LogP contribution in [-0.2, 0) is 9.53 Å². The van der Waals surface area contributed by atoms with Gasteiger partial charge in [-0.15, -0.1) is 0 Å². The monoisotopic (exact) mass is 290 g/mol. The van der Waals surface area contributed by atoms with E-state index >= 15 is 0 Å². The Kier molecular flexibility index (Phi) is 6.53. The summed E-state index contributed by atoms with van der Waals surface area (Å²) in [6.07, 6.45) is 16.7. The summed E-state index contributed by atoms with van der Waals surface area (Å²) in [6.45, 7) is 5.81. The molecule has 0 spiro atoms. The van der Waals surface area contributed by atoms with E-state index in [0.717, 1.165) is 24.2 Å². The number of fused-ring (bicyclic) bond motifs is 2. The maximum Gasteiger partial charge on any atom is 0.333 e. The number of carbonyl (C=O) groups is 1. The van der Waals surface area contributed by atoms with Crippen LogP contribution in [0.2, 0.25) is 0 Å². The molecule has 2 nitrogen and oxygen atoms in total. The molecule has 1 fully saturated rings. The van der Waals surface area contributed by atoms with Gasteiger partial charge in [-0.05, 0) is 50.4 Å². The fraction of sp³-hybridized carbons (Fsp3) is 0.737. The molecule has 2 aliphatic carbocycles. The van der Waals surface area contributed by atoms with Gasteiger partial charge in [-0.3, -0.25) is 0 Å². The van der Waals surface area contributed by atoms with Gasteiger partial charge < -0.3 is 4.74 Å². The van der Waals surface area contributed by atoms with Crippen molar-refractivity contribution in [1.82, 2.24) is 0 Å². The minimum absolute atomic E-state index is 0.255. The summed E-state index contributed by atoms with van der Waals surface area (Å²) in [5, 5.41) is 0. The van der Waals surface area contributed by atoms with Gasteiger partial charge in [0.25, 0.3) is 0 Å². The van der Waals surface area contributed by atoms with Gasteiger partial charge in [0.1, 0.15) is 0 Å². The van der Waals surface area contributed by atoms with Crippen LogP contribution in [-0.4, -0.2) is 12.6 Å². The van der Waals surface area contributed by atoms with Crippen molar-refractivity contribution in [3.05, 3.63) is 24.3 Å². The molecule has 2 rings (SSSR count). The summed E-state index contributed by atoms with van der Waals surface area (Å²) in [4.78, 5) is 11.2. The SMILES string of the molecule is C=C(C)C(=O)OCCCCCCCCC1CC2C=CC1C2. The topological polar surface area (TPSA) is 26.3 Å². The Bertz CT molecular complexity index is 383. The fourth-order valence-corrected chi connectivity index (χ4v) is 3.73. The number of allylic oxidation sites excluding steroid dienone is 2. The predicted octanol–water partition coefficient (Wildman–Crippen LogP) is 5.05. The molecule has 2 bridgehead atoms. The number of carbonyl (C=O) groups excluding carboxylic acids is 1. The van der Waals surface area contributed by atoms with Gasteiger partial charge in [0.05, 0.1) is 6.61 Å². The van der Waals surface area contributed by atoms with Crippen LogP contribution in [0.4, 0.5) is 0 Å². The Balaban J connectivity index is 1.37. The lowest BCUT2D eigenvalue weighted by Crippen LogP contribution is -2.06. The van der Waals surface area contributed by atoms with Crippen molar-refractivity contribution in [2.75, 3.05) is 6.61 Å². The molecule has 2 aliphatic rings. The lowest BCUT2D eigenvalue weighted by atomic mass is 9.88. The Morgan fingerprint density at radius 3 is 2.43 bits per heavy atom. The summed E-state index contributed by atoms with van der Waals surface area (Å²) in [5.74, 6) is 2.57. The fourth-order valence-electron chi connectivity index (χ4n) is 3.73. The Morgan fingerprint density at radius 2 is 1.81 bits per heavy atom. The van der Waals surface area contributed by atoms with Gasteiger partial charge in [-0.1, -0.05) is 50.8 Å². The first kappa shape index (κ1) is 16.3. The van der Waals surface area contributed by atoms with E-state index in [1.807, 2.05) is 0 Å². The number of rotatable bonds is 10. The first-order valence-corrected chi connectivity index (χ1v) is 8.68. The second-order valence-corrected chi connectivity index (χ2v) is 6.87. The van der Waals surface area contributed by atoms with Crippen molar-refractivity contribution < 1.29 is 9.53 Å². The summed E-state index contributed by atoms with van der Waals surface area (Å²) >= 11 is 0. The highest BCUT2D eigenvalue weighted by Gasteiger charge is 2.34. The van der Waals surface area contributed by atoms with E-state index in [2.05, 4.69) is 18.7 Å². The number of hydrogen-bond acceptors (Lipinski definition) is 2. The van der Waals surface area contributed by atoms with Crippen LogP contribution >= 0.6 is 0 Å². The number of esters is 1. The van der Waals surface area contributed by atoms with E-state index < -0.39 is 0 Å². The average Bonchev–Trinajstić information content (AvgIpc) is 3.07. The average molecular weight is 290 g/mol. The van der Waals surface area contributed by atoms with E-state index in [0.29, 0.717) is 12.2 Å². The highest BCUT2D eigenvalue weighted by molar-refractivity contribution is 5.86. The summed E-state index contributed by atoms with van der Waals surface area (Å²) in [5.41, 5.74) is 0.491. The number of hydrogen-bond donors (Lipinski definition) is 0. The van der Waals surface area contributed by atoms with Gasteiger partial charge >= 0.3 is 5.97 Å². The number of unbranched alkanes of at least 4 members (excludes halogenated alkanes) is 5. The molecule has 0 aliphatic heterocycles. The molecule has 21 heavy (non-hydrogen) atoms. The lowest BCUT2D eigenvalue weighted by molar-refractivity contribution is -0.139. The smallest absolute Gasteiger partial charge is 0.333 e. The molecule has 118 valence electrons. The molecule has 3 unspecified atom stereocenters. The third-order valence-electron chi connectivity index (χ3n) is 4.97. The Morgan fingerprint density at radius 1 is 1.10 bits per heavy atom. The van der Waals surface area contributed by atoms with E-state index in [9.17, 15) is 4.79 Å². The molecule has 0 aromatic carbocycles. The van der Waals surface area contributed by atoms with Gasteiger partial charge in [-0.25, -0.2) is 4.79 Å². The van der Waals surface area contributed by atoms with E-state index in [1.165, 1.54) is 51.4 Å². The van der Waals surface area contributed by atoms with Crippen LogP contribution < -0.4 is 0 Å². The molecule has 3 atom stereocenters. The van der Waals surface area contributed by atoms with Crippen LogP contribution in [0.3, 0.4) is 0 Å². The molecule has 0 amide bonds.